The van der Waals surface area contributed by atoms with Crippen molar-refractivity contribution in [3.63, 3.8) is 0 Å². The zero-order chi connectivity index (χ0) is 84.9. The fourth-order valence-corrected chi connectivity index (χ4v) is 16.8. The van der Waals surface area contributed by atoms with Crippen molar-refractivity contribution in [3.8, 4) is 17.7 Å². The number of carbonyl (C=O) groups is 7. The zero-order valence-electron chi connectivity index (χ0n) is 66.7. The van der Waals surface area contributed by atoms with Crippen LogP contribution in [0.3, 0.4) is 0 Å². The maximum atomic E-state index is 14.1. The molecule has 3 unspecified atom stereocenters. The molecule has 15 atom stereocenters. The zero-order valence-corrected chi connectivity index (χ0v) is 70.2. The Morgan fingerprint density at radius 2 is 1.44 bits per heavy atom. The molecule has 0 radical (unpaired) electrons. The lowest BCUT2D eigenvalue weighted by Gasteiger charge is -2.27. The summed E-state index contributed by atoms with van der Waals surface area (Å²) in [5.41, 5.74) is 0.0658. The summed E-state index contributed by atoms with van der Waals surface area (Å²) < 4.78 is 100. The van der Waals surface area contributed by atoms with Gasteiger partial charge in [0.2, 0.25) is 35.5 Å². The number of ether oxygens (including phenoxy) is 11. The Hall–Kier alpha value is -8.21. The largest absolute Gasteiger partial charge is 0.474 e. The molecule has 5 aromatic rings. The van der Waals surface area contributed by atoms with Crippen molar-refractivity contribution in [1.82, 2.24) is 55.7 Å². The lowest BCUT2D eigenvalue weighted by atomic mass is 10.0. The molecule has 3 aromatic heterocycles. The van der Waals surface area contributed by atoms with Crippen molar-refractivity contribution in [2.75, 3.05) is 137 Å². The van der Waals surface area contributed by atoms with E-state index in [1.165, 1.54) is 42.0 Å². The predicted molar refractivity (Wildman–Crippen MR) is 431 cm³/mol. The van der Waals surface area contributed by atoms with Gasteiger partial charge in [-0.1, -0.05) is 56.4 Å². The number of aliphatic hydroxyl groups is 1. The summed E-state index contributed by atoms with van der Waals surface area (Å²) in [6, 6.07) is 10.5. The Morgan fingerprint density at radius 3 is 2.09 bits per heavy atom. The molecule has 2 saturated carbocycles. The van der Waals surface area contributed by atoms with Gasteiger partial charge in [-0.2, -0.15) is 4.98 Å². The Balaban J connectivity index is 0.656. The fraction of sp³-hybridized carbons (Fsp3) is 0.605. The number of H-pyrrole nitrogens is 1. The molecule has 119 heavy (non-hydrogen) atoms. The highest BCUT2D eigenvalue weighted by atomic mass is 32.7. The Bertz CT molecular complexity index is 4380. The van der Waals surface area contributed by atoms with Gasteiger partial charge < -0.3 is 107 Å². The van der Waals surface area contributed by atoms with Gasteiger partial charge in [-0.25, -0.2) is 29.1 Å². The highest BCUT2D eigenvalue weighted by Gasteiger charge is 2.52. The van der Waals surface area contributed by atoms with Gasteiger partial charge in [-0.3, -0.25) is 48.2 Å². The molecule has 2 saturated heterocycles. The minimum atomic E-state index is -4.33. The monoisotopic (exact) mass is 1740 g/mol. The van der Waals surface area contributed by atoms with E-state index >= 15 is 0 Å². The van der Waals surface area contributed by atoms with Crippen molar-refractivity contribution in [2.45, 2.75) is 140 Å². The Kier molecular flexibility index (Phi) is 36.5. The van der Waals surface area contributed by atoms with E-state index in [2.05, 4.69) is 80.9 Å². The van der Waals surface area contributed by atoms with Crippen LogP contribution in [0.25, 0.3) is 11.2 Å². The molecule has 5 aliphatic rings. The third-order valence-corrected chi connectivity index (χ3v) is 23.2. The van der Waals surface area contributed by atoms with Crippen molar-refractivity contribution in [2.24, 2.45) is 29.6 Å². The number of aromatic nitrogens is 6. The molecule has 2 aromatic carbocycles. The number of nitrogens with one attached hydrogen (secondary N) is 7. The smallest absolute Gasteiger partial charge is 0.410 e. The number of amides is 7. The van der Waals surface area contributed by atoms with Crippen LogP contribution in [0.1, 0.15) is 99.9 Å². The number of aromatic amines is 1. The summed E-state index contributed by atoms with van der Waals surface area (Å²) in [6.45, 7) is 0.422. The van der Waals surface area contributed by atoms with Gasteiger partial charge in [-0.05, 0) is 103 Å². The fourth-order valence-electron chi connectivity index (χ4n) is 13.8. The number of benzene rings is 2. The molecule has 2 bridgehead atoms. The van der Waals surface area contributed by atoms with Gasteiger partial charge in [0.15, 0.2) is 17.4 Å². The van der Waals surface area contributed by atoms with Crippen LogP contribution < -0.4 is 42.2 Å². The molecule has 652 valence electrons. The first-order valence-electron chi connectivity index (χ1n) is 39.3. The summed E-state index contributed by atoms with van der Waals surface area (Å²) in [6.07, 6.45) is -1.04. The molecule has 2 aliphatic heterocycles. The lowest BCUT2D eigenvalue weighted by Crippen LogP contribution is -2.55. The van der Waals surface area contributed by atoms with Gasteiger partial charge in [0.25, 0.3) is 11.5 Å². The summed E-state index contributed by atoms with van der Waals surface area (Å²) in [5.74, 6) is 2.89. The Morgan fingerprint density at radius 1 is 0.773 bits per heavy atom. The SMILES string of the molecule is COCCOCCOCCOCCOCCOCCOCCNC(=O)[C@H](CC(=O)N[C@H](C(=O)N[C@@H](C)C(=O)Nc1ccc(COC(=O)N(C)Cc2ccccc2C(=O)Nc2nc3c(ncn3[C@@H]3O[C@@H]4COP(O)(=S)O[C@H]5C[C@H](Oc6ccncn6)C[C@@H]5CCOP(=O)(S)O[C@@H]3[C@@H]4O)c(=O)[nH]2)cc1)C(C)C)NC(=O)OCC1[C@H]2CCC#CCC[C@@H]12. The number of aliphatic hydroxyl groups excluding tert-OH is 1. The van der Waals surface area contributed by atoms with Crippen LogP contribution in [0.4, 0.5) is 21.2 Å². The van der Waals surface area contributed by atoms with Gasteiger partial charge in [-0.15, -0.1) is 11.8 Å². The number of nitrogens with zero attached hydrogens (tertiary/aromatic N) is 6. The average molecular weight is 1740 g/mol. The number of thiol groups is 1. The number of fused-ring (bicyclic) bond motifs is 5. The van der Waals surface area contributed by atoms with Crippen LogP contribution in [0.2, 0.25) is 0 Å². The second kappa shape index (κ2) is 46.7. The van der Waals surface area contributed by atoms with Crippen LogP contribution in [-0.4, -0.2) is 261 Å². The summed E-state index contributed by atoms with van der Waals surface area (Å²) >= 11 is 9.68. The molecule has 10 rings (SSSR count). The molecule has 7 amide bonds. The molecule has 3 aliphatic carbocycles. The number of carbonyl (C=O) groups excluding carboxylic acids is 7. The number of rotatable bonds is 42. The highest BCUT2D eigenvalue weighted by Crippen LogP contribution is 2.58. The van der Waals surface area contributed by atoms with Gasteiger partial charge >= 0.3 is 25.7 Å². The van der Waals surface area contributed by atoms with E-state index < -0.39 is 135 Å². The first kappa shape index (κ1) is 93.1. The maximum absolute atomic E-state index is 14.1. The standard InChI is InChI=1S/C76H105N13O26P2S2/c1-47(2)63(84-61(90)40-58(83-75(97)108-43-57-55-14-8-6-7-9-15-56(55)57)70(94)78-23-25-102-28-29-104-32-33-106-36-37-107-35-34-105-31-30-103-27-26-101-5)71(95)81-48(3)68(92)82-52-18-16-49(17-19-52)42-109-76(98)88(4)41-51-12-10-11-13-54(51)69(93)86-74-85-67-64(72(96)87-74)80-46-89(67)73-66-65(91)60(113-73)44-111-117(100,119)114-59-39-53(112-62-20-22-77-45-79-62)38-50(59)21-24-110-116(99,118)115-66/h10-13,16-20,22,45-48,50,53,55-60,63,65-66,73,91H,8-9,14-15,21,23-44H2,1-5H3,(H,78,94)(H,81,95)(H,82,92)(H,83,97)(H,84,90)(H,99,118)(H,100,119)(H2,85,86,87,93,96)/t48-,50-,53+,55-,56+,57?,58-,59-,60+,63-,65+,66+,73+,116?,117?/m0/s1. The second-order valence-corrected chi connectivity index (χ2v) is 34.7. The lowest BCUT2D eigenvalue weighted by molar-refractivity contribution is -0.133. The third-order valence-electron chi connectivity index (χ3n) is 20.0. The number of imidazole rings is 1. The van der Waals surface area contributed by atoms with Crippen molar-refractivity contribution < 1.29 is 118 Å². The number of alkyl carbamates (subject to hydrolysis) is 1. The highest BCUT2D eigenvalue weighted by molar-refractivity contribution is 8.44. The molecule has 5 heterocycles. The number of hydrogen-bond acceptors (Lipinski definition) is 30. The number of hydrogen-bond donors (Lipinski definition) is 10. The van der Waals surface area contributed by atoms with E-state index in [-0.39, 0.29) is 100 Å². The van der Waals surface area contributed by atoms with Crippen LogP contribution in [-0.2, 0) is 114 Å². The van der Waals surface area contributed by atoms with Gasteiger partial charge in [0.1, 0.15) is 55.5 Å². The number of anilines is 2. The van der Waals surface area contributed by atoms with E-state index in [9.17, 15) is 52.9 Å². The molecule has 43 heteroatoms. The quantitative estimate of drug-likeness (QED) is 0.0108. The van der Waals surface area contributed by atoms with Crippen LogP contribution in [0, 0.1) is 41.4 Å². The maximum Gasteiger partial charge on any atom is 0.410 e. The predicted octanol–water partition coefficient (Wildman–Crippen LogP) is 4.88. The normalized spacial score (nSPS) is 24.2. The summed E-state index contributed by atoms with van der Waals surface area (Å²) in [5, 5.41) is 27.6. The van der Waals surface area contributed by atoms with Crippen molar-refractivity contribution in [3.05, 3.63) is 100 Å². The van der Waals surface area contributed by atoms with E-state index in [1.54, 1.807) is 69.5 Å². The first-order chi connectivity index (χ1) is 57.3. The topological polar surface area (TPSA) is 480 Å². The van der Waals surface area contributed by atoms with Crippen molar-refractivity contribution >= 4 is 102 Å². The molecule has 9 N–H and O–H groups in total. The first-order valence-corrected chi connectivity index (χ1v) is 44.5. The minimum Gasteiger partial charge on any atom is -0.474 e. The molecular weight excluding hydrogens is 1640 g/mol. The van der Waals surface area contributed by atoms with Crippen LogP contribution >= 0.6 is 25.8 Å². The summed E-state index contributed by atoms with van der Waals surface area (Å²) in [7, 11) is 3.07. The van der Waals surface area contributed by atoms with Crippen LogP contribution in [0.5, 0.6) is 5.88 Å². The van der Waals surface area contributed by atoms with E-state index in [4.69, 9.17) is 82.0 Å². The van der Waals surface area contributed by atoms with E-state index in [0.717, 1.165) is 32.0 Å². The average Bonchev–Trinajstić information content (AvgIpc) is 1.61. The Labute approximate surface area is 697 Å². The second-order valence-electron chi connectivity index (χ2n) is 29.0. The minimum absolute atomic E-state index is 0.0241. The van der Waals surface area contributed by atoms with Crippen molar-refractivity contribution in [1.29, 1.82) is 0 Å². The van der Waals surface area contributed by atoms with Crippen LogP contribution in [0.15, 0.2) is 78.2 Å². The van der Waals surface area contributed by atoms with E-state index in [1.807, 2.05) is 0 Å². The van der Waals surface area contributed by atoms with E-state index in [0.29, 0.717) is 107 Å². The molecular formula is C76H105N13O26P2S2. The summed E-state index contributed by atoms with van der Waals surface area (Å²) in [4.78, 5) is 141. The molecule has 4 fully saturated rings. The van der Waals surface area contributed by atoms with Gasteiger partial charge in [0, 0.05) is 70.0 Å². The van der Waals surface area contributed by atoms with Gasteiger partial charge in [0.05, 0.1) is 125 Å². The third kappa shape index (κ3) is 29.3. The molecule has 0 spiro atoms. The molecule has 39 nitrogen and oxygen atoms in total. The number of methoxy groups -OCH3 is 1.